The molecule has 1 aromatic carbocycles. The molecule has 0 radical (unpaired) electrons. The molecule has 22 heavy (non-hydrogen) atoms. The van der Waals surface area contributed by atoms with Crippen LogP contribution in [-0.2, 0) is 4.79 Å². The van der Waals surface area contributed by atoms with Crippen molar-refractivity contribution in [3.8, 4) is 0 Å². The first-order valence-electron chi connectivity index (χ1n) is 7.15. The van der Waals surface area contributed by atoms with E-state index in [2.05, 4.69) is 21.2 Å². The zero-order valence-electron chi connectivity index (χ0n) is 12.3. The summed E-state index contributed by atoms with van der Waals surface area (Å²) < 4.78 is 0.782. The van der Waals surface area contributed by atoms with Gasteiger partial charge in [-0.15, -0.1) is 12.4 Å². The van der Waals surface area contributed by atoms with Crippen LogP contribution in [0, 0.1) is 5.92 Å². The molecular weight excluding hydrogens is 370 g/mol. The second-order valence-electron chi connectivity index (χ2n) is 5.15. The Hall–Kier alpha value is -1.11. The highest BCUT2D eigenvalue weighted by molar-refractivity contribution is 9.10. The number of halogens is 2. The van der Waals surface area contributed by atoms with Crippen LogP contribution in [0.3, 0.4) is 0 Å². The molecule has 0 saturated carbocycles. The predicted octanol–water partition coefficient (Wildman–Crippen LogP) is 1.80. The standard InChI is InChI=1S/C15H20BrN3O2.ClH/c16-13-6-2-1-5-12(13)15(21)19-9-3-4-11(10-19)14(20)18-8-7-17;/h1-2,5-6,11H,3-4,7-10,17H2,(H,18,20);1H. The SMILES string of the molecule is Cl.NCCNC(=O)C1CCCN(C(=O)c2ccccc2Br)C1. The summed E-state index contributed by atoms with van der Waals surface area (Å²) in [6.07, 6.45) is 1.66. The predicted molar refractivity (Wildman–Crippen MR) is 92.1 cm³/mol. The number of benzene rings is 1. The Morgan fingerprint density at radius 1 is 1.36 bits per heavy atom. The molecule has 3 N–H and O–H groups in total. The van der Waals surface area contributed by atoms with E-state index in [1.807, 2.05) is 18.2 Å². The second-order valence-corrected chi connectivity index (χ2v) is 6.00. The van der Waals surface area contributed by atoms with Crippen LogP contribution in [0.5, 0.6) is 0 Å². The summed E-state index contributed by atoms with van der Waals surface area (Å²) in [6, 6.07) is 7.36. The number of nitrogens with two attached hydrogens (primary N) is 1. The fourth-order valence-corrected chi connectivity index (χ4v) is 2.97. The minimum Gasteiger partial charge on any atom is -0.355 e. The number of hydrogen-bond acceptors (Lipinski definition) is 3. The average molecular weight is 391 g/mol. The molecule has 0 aromatic heterocycles. The van der Waals surface area contributed by atoms with Crippen LogP contribution in [0.25, 0.3) is 0 Å². The molecule has 2 rings (SSSR count). The van der Waals surface area contributed by atoms with Crippen molar-refractivity contribution in [2.45, 2.75) is 12.8 Å². The third kappa shape index (κ3) is 4.69. The Bertz CT molecular complexity index is 527. The summed E-state index contributed by atoms with van der Waals surface area (Å²) in [5.41, 5.74) is 6.03. The number of hydrogen-bond donors (Lipinski definition) is 2. The maximum Gasteiger partial charge on any atom is 0.255 e. The lowest BCUT2D eigenvalue weighted by Gasteiger charge is -2.32. The maximum atomic E-state index is 12.5. The third-order valence-corrected chi connectivity index (χ3v) is 4.32. The van der Waals surface area contributed by atoms with E-state index in [1.165, 1.54) is 0 Å². The third-order valence-electron chi connectivity index (χ3n) is 3.63. The average Bonchev–Trinajstić information content (AvgIpc) is 2.52. The lowest BCUT2D eigenvalue weighted by molar-refractivity contribution is -0.126. The molecule has 1 fully saturated rings. The highest BCUT2D eigenvalue weighted by Gasteiger charge is 2.29. The van der Waals surface area contributed by atoms with E-state index in [0.29, 0.717) is 31.7 Å². The molecule has 1 saturated heterocycles. The molecule has 122 valence electrons. The summed E-state index contributed by atoms with van der Waals surface area (Å²) in [6.45, 7) is 2.07. The van der Waals surface area contributed by atoms with E-state index in [1.54, 1.807) is 11.0 Å². The van der Waals surface area contributed by atoms with Crippen LogP contribution in [0.1, 0.15) is 23.2 Å². The van der Waals surface area contributed by atoms with Crippen molar-refractivity contribution in [2.75, 3.05) is 26.2 Å². The van der Waals surface area contributed by atoms with Crippen molar-refractivity contribution in [1.82, 2.24) is 10.2 Å². The highest BCUT2D eigenvalue weighted by atomic mass is 79.9. The molecule has 1 aromatic rings. The number of likely N-dealkylation sites (tertiary alicyclic amines) is 1. The van der Waals surface area contributed by atoms with Gasteiger partial charge in [-0.3, -0.25) is 9.59 Å². The summed E-state index contributed by atoms with van der Waals surface area (Å²) in [4.78, 5) is 26.3. The molecule has 1 aliphatic heterocycles. The fraction of sp³-hybridized carbons (Fsp3) is 0.467. The normalized spacial score (nSPS) is 17.5. The Kier molecular flexibility index (Phi) is 7.85. The lowest BCUT2D eigenvalue weighted by Crippen LogP contribution is -2.46. The van der Waals surface area contributed by atoms with Crippen molar-refractivity contribution < 1.29 is 9.59 Å². The van der Waals surface area contributed by atoms with Gasteiger partial charge in [0.1, 0.15) is 0 Å². The fourth-order valence-electron chi connectivity index (χ4n) is 2.52. The van der Waals surface area contributed by atoms with Gasteiger partial charge >= 0.3 is 0 Å². The van der Waals surface area contributed by atoms with Gasteiger partial charge in [0.2, 0.25) is 5.91 Å². The van der Waals surface area contributed by atoms with E-state index in [4.69, 9.17) is 5.73 Å². The van der Waals surface area contributed by atoms with Gasteiger partial charge in [-0.25, -0.2) is 0 Å². The number of nitrogens with one attached hydrogen (secondary N) is 1. The number of rotatable bonds is 4. The van der Waals surface area contributed by atoms with Crippen LogP contribution in [0.2, 0.25) is 0 Å². The molecule has 5 nitrogen and oxygen atoms in total. The number of amides is 2. The van der Waals surface area contributed by atoms with Crippen LogP contribution in [0.15, 0.2) is 28.7 Å². The Morgan fingerprint density at radius 3 is 2.77 bits per heavy atom. The number of nitrogens with zero attached hydrogens (tertiary/aromatic N) is 1. The quantitative estimate of drug-likeness (QED) is 0.823. The van der Waals surface area contributed by atoms with Gasteiger partial charge in [0.05, 0.1) is 11.5 Å². The minimum atomic E-state index is -0.142. The van der Waals surface area contributed by atoms with E-state index in [0.717, 1.165) is 17.3 Å². The molecule has 1 aliphatic rings. The zero-order chi connectivity index (χ0) is 15.2. The molecule has 2 amide bonds. The van der Waals surface area contributed by atoms with Gasteiger partial charge in [-0.05, 0) is 40.9 Å². The zero-order valence-corrected chi connectivity index (χ0v) is 14.7. The van der Waals surface area contributed by atoms with Gasteiger partial charge in [-0.1, -0.05) is 12.1 Å². The number of carbonyl (C=O) groups is 2. The topological polar surface area (TPSA) is 75.4 Å². The van der Waals surface area contributed by atoms with Crippen molar-refractivity contribution in [3.63, 3.8) is 0 Å². The molecular formula is C15H21BrClN3O2. The molecule has 1 heterocycles. The monoisotopic (exact) mass is 389 g/mol. The first kappa shape index (κ1) is 18.9. The van der Waals surface area contributed by atoms with Gasteiger partial charge < -0.3 is 16.0 Å². The number of carbonyl (C=O) groups excluding carboxylic acids is 2. The van der Waals surface area contributed by atoms with Crippen molar-refractivity contribution in [2.24, 2.45) is 11.7 Å². The summed E-state index contributed by atoms with van der Waals surface area (Å²) in [7, 11) is 0. The smallest absolute Gasteiger partial charge is 0.255 e. The summed E-state index contributed by atoms with van der Waals surface area (Å²) in [5, 5.41) is 2.80. The lowest BCUT2D eigenvalue weighted by atomic mass is 9.96. The second kappa shape index (κ2) is 9.12. The van der Waals surface area contributed by atoms with Gasteiger partial charge in [0.15, 0.2) is 0 Å². The first-order valence-corrected chi connectivity index (χ1v) is 7.94. The summed E-state index contributed by atoms with van der Waals surface area (Å²) in [5.74, 6) is -0.180. The van der Waals surface area contributed by atoms with Crippen LogP contribution >= 0.6 is 28.3 Å². The number of piperidine rings is 1. The van der Waals surface area contributed by atoms with Crippen LogP contribution in [0.4, 0.5) is 0 Å². The Balaban J connectivity index is 0.00000242. The molecule has 1 unspecified atom stereocenters. The van der Waals surface area contributed by atoms with E-state index < -0.39 is 0 Å². The molecule has 0 aliphatic carbocycles. The Labute approximate surface area is 145 Å². The van der Waals surface area contributed by atoms with Gasteiger partial charge in [-0.2, -0.15) is 0 Å². The van der Waals surface area contributed by atoms with E-state index in [-0.39, 0.29) is 30.1 Å². The van der Waals surface area contributed by atoms with Crippen LogP contribution < -0.4 is 11.1 Å². The molecule has 7 heteroatoms. The highest BCUT2D eigenvalue weighted by Crippen LogP contribution is 2.22. The van der Waals surface area contributed by atoms with Crippen molar-refractivity contribution in [1.29, 1.82) is 0 Å². The first-order chi connectivity index (χ1) is 10.1. The van der Waals surface area contributed by atoms with Crippen molar-refractivity contribution >= 4 is 40.2 Å². The van der Waals surface area contributed by atoms with Gasteiger partial charge in [0, 0.05) is 30.7 Å². The Morgan fingerprint density at radius 2 is 2.09 bits per heavy atom. The van der Waals surface area contributed by atoms with Crippen molar-refractivity contribution in [3.05, 3.63) is 34.3 Å². The van der Waals surface area contributed by atoms with Crippen LogP contribution in [-0.4, -0.2) is 42.9 Å². The molecule has 1 atom stereocenters. The van der Waals surface area contributed by atoms with Gasteiger partial charge in [0.25, 0.3) is 5.91 Å². The molecule has 0 bridgehead atoms. The largest absolute Gasteiger partial charge is 0.355 e. The van der Waals surface area contributed by atoms with E-state index in [9.17, 15) is 9.59 Å². The van der Waals surface area contributed by atoms with E-state index >= 15 is 0 Å². The molecule has 0 spiro atoms. The summed E-state index contributed by atoms with van der Waals surface area (Å²) >= 11 is 3.40. The maximum absolute atomic E-state index is 12.5. The minimum absolute atomic E-state index is 0.